The van der Waals surface area contributed by atoms with Gasteiger partial charge in [-0.15, -0.1) is 0 Å². The number of hydrogen-bond donors (Lipinski definition) is 0. The molecule has 3 rings (SSSR count). The van der Waals surface area contributed by atoms with Crippen molar-refractivity contribution in [1.82, 2.24) is 9.97 Å². The highest BCUT2D eigenvalue weighted by Crippen LogP contribution is 2.48. The van der Waals surface area contributed by atoms with E-state index >= 15 is 0 Å². The van der Waals surface area contributed by atoms with Crippen LogP contribution in [0.4, 0.5) is 5.82 Å². The zero-order valence-electron chi connectivity index (χ0n) is 12.2. The molecule has 0 aliphatic heterocycles. The number of methoxy groups -OCH3 is 1. The van der Waals surface area contributed by atoms with Gasteiger partial charge in [-0.05, 0) is 37.0 Å². The molecule has 2 bridgehead atoms. The molecule has 0 amide bonds. The molecule has 2 aliphatic rings. The van der Waals surface area contributed by atoms with Crippen LogP contribution < -0.4 is 4.90 Å². The third-order valence-corrected chi connectivity index (χ3v) is 4.98. The standard InChI is InChI=1S/C15H22ClN3O/c1-19(8-12-6-10-3-4-11(12)5-10)15-7-13(16)17-14(18-15)9-20-2/h7,10-12H,3-6,8-9H2,1-2H3. The fourth-order valence-corrected chi connectivity index (χ4v) is 4.08. The lowest BCUT2D eigenvalue weighted by Gasteiger charge is -2.28. The van der Waals surface area contributed by atoms with Crippen LogP contribution in [0.1, 0.15) is 31.5 Å². The van der Waals surface area contributed by atoms with Gasteiger partial charge >= 0.3 is 0 Å². The highest BCUT2D eigenvalue weighted by atomic mass is 35.5. The third-order valence-electron chi connectivity index (χ3n) is 4.79. The normalized spacial score (nSPS) is 28.1. The zero-order chi connectivity index (χ0) is 14.1. The van der Waals surface area contributed by atoms with E-state index in [4.69, 9.17) is 16.3 Å². The molecule has 2 fully saturated rings. The molecule has 3 atom stereocenters. The van der Waals surface area contributed by atoms with Gasteiger partial charge in [0.2, 0.25) is 0 Å². The van der Waals surface area contributed by atoms with E-state index in [1.54, 1.807) is 7.11 Å². The van der Waals surface area contributed by atoms with E-state index in [1.165, 1.54) is 25.7 Å². The molecule has 2 aliphatic carbocycles. The molecule has 0 radical (unpaired) electrons. The molecule has 0 saturated heterocycles. The number of halogens is 1. The summed E-state index contributed by atoms with van der Waals surface area (Å²) in [6.45, 7) is 1.47. The zero-order valence-corrected chi connectivity index (χ0v) is 12.9. The molecule has 5 heteroatoms. The highest BCUT2D eigenvalue weighted by Gasteiger charge is 2.39. The number of fused-ring (bicyclic) bond motifs is 2. The summed E-state index contributed by atoms with van der Waals surface area (Å²) in [4.78, 5) is 10.9. The summed E-state index contributed by atoms with van der Waals surface area (Å²) in [6.07, 6.45) is 5.70. The van der Waals surface area contributed by atoms with E-state index in [2.05, 4.69) is 21.9 Å². The minimum absolute atomic E-state index is 0.398. The fraction of sp³-hybridized carbons (Fsp3) is 0.733. The number of ether oxygens (including phenoxy) is 1. The lowest BCUT2D eigenvalue weighted by atomic mass is 9.88. The maximum atomic E-state index is 6.08. The number of hydrogen-bond acceptors (Lipinski definition) is 4. The number of anilines is 1. The van der Waals surface area contributed by atoms with Crippen molar-refractivity contribution in [3.63, 3.8) is 0 Å². The Morgan fingerprint density at radius 3 is 2.85 bits per heavy atom. The van der Waals surface area contributed by atoms with Crippen molar-refractivity contribution in [3.8, 4) is 0 Å². The van der Waals surface area contributed by atoms with Gasteiger partial charge < -0.3 is 9.64 Å². The van der Waals surface area contributed by atoms with Crippen molar-refractivity contribution >= 4 is 17.4 Å². The van der Waals surface area contributed by atoms with Crippen molar-refractivity contribution in [2.75, 3.05) is 25.6 Å². The summed E-state index contributed by atoms with van der Waals surface area (Å²) in [7, 11) is 3.74. The average Bonchev–Trinajstić information content (AvgIpc) is 3.00. The molecule has 0 aromatic carbocycles. The summed E-state index contributed by atoms with van der Waals surface area (Å²) in [5, 5.41) is 0.488. The number of rotatable bonds is 5. The first-order valence-electron chi connectivity index (χ1n) is 7.39. The Hall–Kier alpha value is -0.870. The number of nitrogens with zero attached hydrogens (tertiary/aromatic N) is 3. The SMILES string of the molecule is COCc1nc(Cl)cc(N(C)CC2CC3CCC2C3)n1. The quantitative estimate of drug-likeness (QED) is 0.782. The van der Waals surface area contributed by atoms with Crippen LogP contribution in [0.2, 0.25) is 5.15 Å². The maximum absolute atomic E-state index is 6.08. The van der Waals surface area contributed by atoms with Crippen molar-refractivity contribution in [1.29, 1.82) is 0 Å². The summed E-state index contributed by atoms with van der Waals surface area (Å²) >= 11 is 6.08. The first kappa shape index (κ1) is 14.1. The molecule has 1 heterocycles. The van der Waals surface area contributed by atoms with Gasteiger partial charge in [-0.3, -0.25) is 0 Å². The van der Waals surface area contributed by atoms with Crippen molar-refractivity contribution in [2.24, 2.45) is 17.8 Å². The molecule has 0 N–H and O–H groups in total. The molecule has 20 heavy (non-hydrogen) atoms. The first-order valence-corrected chi connectivity index (χ1v) is 7.77. The Balaban J connectivity index is 1.68. The van der Waals surface area contributed by atoms with E-state index in [-0.39, 0.29) is 0 Å². The van der Waals surface area contributed by atoms with E-state index in [0.29, 0.717) is 17.6 Å². The van der Waals surface area contributed by atoms with E-state index < -0.39 is 0 Å². The Labute approximate surface area is 125 Å². The minimum Gasteiger partial charge on any atom is -0.377 e. The third kappa shape index (κ3) is 2.91. The Morgan fingerprint density at radius 1 is 1.35 bits per heavy atom. The van der Waals surface area contributed by atoms with Crippen LogP contribution in [0.25, 0.3) is 0 Å². The van der Waals surface area contributed by atoms with Gasteiger partial charge in [0.15, 0.2) is 5.82 Å². The summed E-state index contributed by atoms with van der Waals surface area (Å²) < 4.78 is 5.09. The molecule has 1 aromatic heterocycles. The molecular weight excluding hydrogens is 274 g/mol. The molecule has 1 aromatic rings. The van der Waals surface area contributed by atoms with Crippen LogP contribution in [0, 0.1) is 17.8 Å². The van der Waals surface area contributed by atoms with E-state index in [0.717, 1.165) is 30.1 Å². The van der Waals surface area contributed by atoms with Gasteiger partial charge in [0.05, 0.1) is 0 Å². The van der Waals surface area contributed by atoms with Crippen LogP contribution in [-0.4, -0.2) is 30.7 Å². The lowest BCUT2D eigenvalue weighted by molar-refractivity contribution is 0.178. The predicted molar refractivity (Wildman–Crippen MR) is 80.0 cm³/mol. The first-order chi connectivity index (χ1) is 9.65. The van der Waals surface area contributed by atoms with E-state index in [9.17, 15) is 0 Å². The largest absolute Gasteiger partial charge is 0.377 e. The second-order valence-electron chi connectivity index (χ2n) is 6.21. The van der Waals surface area contributed by atoms with Crippen LogP contribution in [-0.2, 0) is 11.3 Å². The monoisotopic (exact) mass is 295 g/mol. The van der Waals surface area contributed by atoms with Crippen LogP contribution in [0.3, 0.4) is 0 Å². The molecule has 0 spiro atoms. The maximum Gasteiger partial charge on any atom is 0.158 e. The average molecular weight is 296 g/mol. The Morgan fingerprint density at radius 2 is 2.20 bits per heavy atom. The summed E-state index contributed by atoms with van der Waals surface area (Å²) in [5.74, 6) is 4.28. The van der Waals surface area contributed by atoms with Crippen molar-refractivity contribution in [2.45, 2.75) is 32.3 Å². The fourth-order valence-electron chi connectivity index (χ4n) is 3.89. The minimum atomic E-state index is 0.398. The van der Waals surface area contributed by atoms with Crippen molar-refractivity contribution < 1.29 is 4.74 Å². The molecule has 3 unspecified atom stereocenters. The van der Waals surface area contributed by atoms with Gasteiger partial charge in [0.25, 0.3) is 0 Å². The molecule has 110 valence electrons. The smallest absolute Gasteiger partial charge is 0.158 e. The van der Waals surface area contributed by atoms with Crippen LogP contribution in [0.5, 0.6) is 0 Å². The molecule has 2 saturated carbocycles. The topological polar surface area (TPSA) is 38.2 Å². The lowest BCUT2D eigenvalue weighted by Crippen LogP contribution is -2.29. The second-order valence-corrected chi connectivity index (χ2v) is 6.60. The van der Waals surface area contributed by atoms with Gasteiger partial charge in [-0.25, -0.2) is 9.97 Å². The Kier molecular flexibility index (Phi) is 4.13. The molecule has 4 nitrogen and oxygen atoms in total. The van der Waals surface area contributed by atoms with E-state index in [1.807, 2.05) is 6.07 Å². The highest BCUT2D eigenvalue weighted by molar-refractivity contribution is 6.29. The van der Waals surface area contributed by atoms with Gasteiger partial charge in [0, 0.05) is 26.8 Å². The summed E-state index contributed by atoms with van der Waals surface area (Å²) in [6, 6.07) is 1.84. The molecular formula is C15H22ClN3O. The Bertz CT molecular complexity index is 482. The van der Waals surface area contributed by atoms with Crippen LogP contribution in [0.15, 0.2) is 6.07 Å². The van der Waals surface area contributed by atoms with Crippen LogP contribution >= 0.6 is 11.6 Å². The predicted octanol–water partition coefficient (Wildman–Crippen LogP) is 3.15. The van der Waals surface area contributed by atoms with Gasteiger partial charge in [-0.2, -0.15) is 0 Å². The van der Waals surface area contributed by atoms with Crippen molar-refractivity contribution in [3.05, 3.63) is 17.0 Å². The second kappa shape index (κ2) is 5.86. The number of aromatic nitrogens is 2. The van der Waals surface area contributed by atoms with Gasteiger partial charge in [-0.1, -0.05) is 18.0 Å². The van der Waals surface area contributed by atoms with Gasteiger partial charge in [0.1, 0.15) is 17.6 Å². The summed E-state index contributed by atoms with van der Waals surface area (Å²) in [5.41, 5.74) is 0.